The predicted octanol–water partition coefficient (Wildman–Crippen LogP) is 2.19. The highest BCUT2D eigenvalue weighted by Gasteiger charge is 2.35. The molecule has 2 rings (SSSR count). The van der Waals surface area contributed by atoms with Crippen molar-refractivity contribution in [3.05, 3.63) is 5.21 Å². The van der Waals surface area contributed by atoms with E-state index in [0.29, 0.717) is 32.0 Å². The fourth-order valence-electron chi connectivity index (χ4n) is 3.77. The van der Waals surface area contributed by atoms with Gasteiger partial charge in [-0.05, 0) is 52.5 Å². The van der Waals surface area contributed by atoms with Crippen molar-refractivity contribution in [3.63, 3.8) is 0 Å². The van der Waals surface area contributed by atoms with E-state index >= 15 is 0 Å². The number of hydroxylamine groups is 2. The second-order valence-corrected chi connectivity index (χ2v) is 6.66. The van der Waals surface area contributed by atoms with Gasteiger partial charge in [-0.15, -0.1) is 0 Å². The van der Waals surface area contributed by atoms with Gasteiger partial charge in [0.15, 0.2) is 0 Å². The average molecular weight is 313 g/mol. The second-order valence-electron chi connectivity index (χ2n) is 6.66. The minimum atomic E-state index is -0.624. The van der Waals surface area contributed by atoms with Gasteiger partial charge in [0.2, 0.25) is 0 Å². The van der Waals surface area contributed by atoms with Crippen LogP contribution in [-0.4, -0.2) is 59.0 Å². The molecule has 1 aliphatic carbocycles. The molecule has 2 fully saturated rings. The minimum absolute atomic E-state index is 0.0106. The first-order valence-electron chi connectivity index (χ1n) is 8.56. The van der Waals surface area contributed by atoms with E-state index in [1.807, 2.05) is 6.92 Å². The standard InChI is InChI=1S/C16H29N2O4/c1-3-22-16-8-7-13(10-14(16)18(20)21)15(19)11-17-9-5-4-6-12(17)2/h12-14,16,20H,3-11H2,1-2H3/q-1. The molecule has 0 aromatic rings. The Morgan fingerprint density at radius 3 is 2.77 bits per heavy atom. The fourth-order valence-corrected chi connectivity index (χ4v) is 3.77. The Kier molecular flexibility index (Phi) is 6.77. The maximum absolute atomic E-state index is 12.6. The number of hydrogen-bond acceptors (Lipinski definition) is 6. The van der Waals surface area contributed by atoms with E-state index in [1.54, 1.807) is 0 Å². The largest absolute Gasteiger partial charge is 0.762 e. The monoisotopic (exact) mass is 313 g/mol. The van der Waals surface area contributed by atoms with E-state index in [9.17, 15) is 15.2 Å². The van der Waals surface area contributed by atoms with E-state index in [-0.39, 0.29) is 23.0 Å². The molecule has 0 aromatic heterocycles. The Morgan fingerprint density at radius 1 is 1.36 bits per heavy atom. The van der Waals surface area contributed by atoms with Crippen LogP contribution in [-0.2, 0) is 9.53 Å². The zero-order chi connectivity index (χ0) is 16.1. The Hall–Kier alpha value is -0.530. The summed E-state index contributed by atoms with van der Waals surface area (Å²) in [7, 11) is 0. The van der Waals surface area contributed by atoms with Gasteiger partial charge in [0.25, 0.3) is 0 Å². The molecule has 22 heavy (non-hydrogen) atoms. The normalized spacial score (nSPS) is 34.0. The smallest absolute Gasteiger partial charge is 0.149 e. The molecule has 0 spiro atoms. The Morgan fingerprint density at radius 2 is 2.14 bits per heavy atom. The van der Waals surface area contributed by atoms with Crippen molar-refractivity contribution in [1.29, 1.82) is 0 Å². The summed E-state index contributed by atoms with van der Waals surface area (Å²) < 4.78 is 5.53. The first-order valence-corrected chi connectivity index (χ1v) is 8.56. The van der Waals surface area contributed by atoms with Gasteiger partial charge in [0, 0.05) is 24.6 Å². The van der Waals surface area contributed by atoms with Crippen LogP contribution >= 0.6 is 0 Å². The summed E-state index contributed by atoms with van der Waals surface area (Å²) in [5.74, 6) is 0.0648. The van der Waals surface area contributed by atoms with Crippen molar-refractivity contribution in [3.8, 4) is 0 Å². The summed E-state index contributed by atoms with van der Waals surface area (Å²) in [4.78, 5) is 14.8. The van der Waals surface area contributed by atoms with Crippen LogP contribution in [0.15, 0.2) is 0 Å². The number of ketones is 1. The molecule has 6 nitrogen and oxygen atoms in total. The van der Waals surface area contributed by atoms with Gasteiger partial charge in [0.05, 0.1) is 12.6 Å². The lowest BCUT2D eigenvalue weighted by Crippen LogP contribution is -2.48. The summed E-state index contributed by atoms with van der Waals surface area (Å²) in [5, 5.41) is 20.7. The number of likely N-dealkylation sites (tertiary alicyclic amines) is 1. The molecule has 0 amide bonds. The van der Waals surface area contributed by atoms with Gasteiger partial charge in [-0.1, -0.05) is 6.42 Å². The first-order chi connectivity index (χ1) is 10.5. The second kappa shape index (κ2) is 8.36. The highest BCUT2D eigenvalue weighted by Crippen LogP contribution is 2.30. The number of Topliss-reactive ketones (excluding diaryl/α,β-unsaturated/α-hetero) is 1. The molecule has 4 unspecified atom stereocenters. The Labute approximate surface area is 132 Å². The molecular weight excluding hydrogens is 284 g/mol. The topological polar surface area (TPSA) is 76.1 Å². The summed E-state index contributed by atoms with van der Waals surface area (Å²) in [6.45, 7) is 6.02. The van der Waals surface area contributed by atoms with Crippen LogP contribution in [0.5, 0.6) is 0 Å². The van der Waals surface area contributed by atoms with Crippen LogP contribution in [0.4, 0.5) is 0 Å². The van der Waals surface area contributed by atoms with Crippen LogP contribution in [0.25, 0.3) is 0 Å². The van der Waals surface area contributed by atoms with Crippen LogP contribution < -0.4 is 0 Å². The molecule has 1 aliphatic heterocycles. The summed E-state index contributed by atoms with van der Waals surface area (Å²) in [6, 6.07) is -0.163. The molecular formula is C16H29N2O4-. The Bertz CT molecular complexity index is 364. The van der Waals surface area contributed by atoms with Gasteiger partial charge in [-0.2, -0.15) is 0 Å². The zero-order valence-corrected chi connectivity index (χ0v) is 13.7. The van der Waals surface area contributed by atoms with E-state index < -0.39 is 6.04 Å². The number of piperidine rings is 1. The lowest BCUT2D eigenvalue weighted by Gasteiger charge is -2.42. The number of nitrogens with zero attached hydrogens (tertiary/aromatic N) is 2. The summed E-state index contributed by atoms with van der Waals surface area (Å²) in [6.07, 6.45) is 5.07. The van der Waals surface area contributed by atoms with Gasteiger partial charge in [0.1, 0.15) is 5.78 Å². The first kappa shape index (κ1) is 17.8. The van der Waals surface area contributed by atoms with Crippen molar-refractivity contribution in [2.24, 2.45) is 5.92 Å². The van der Waals surface area contributed by atoms with Crippen LogP contribution in [0.1, 0.15) is 52.4 Å². The molecule has 128 valence electrons. The molecule has 2 aliphatic rings. The van der Waals surface area contributed by atoms with E-state index in [0.717, 1.165) is 25.8 Å². The molecule has 1 saturated carbocycles. The quantitative estimate of drug-likeness (QED) is 0.758. The Balaban J connectivity index is 1.90. The maximum Gasteiger partial charge on any atom is 0.149 e. The number of rotatable bonds is 6. The molecule has 1 N–H and O–H groups in total. The van der Waals surface area contributed by atoms with Gasteiger partial charge in [-0.25, -0.2) is 0 Å². The van der Waals surface area contributed by atoms with E-state index in [1.165, 1.54) is 6.42 Å². The number of hydrogen-bond donors (Lipinski definition) is 1. The third-order valence-electron chi connectivity index (χ3n) is 5.17. The van der Waals surface area contributed by atoms with E-state index in [2.05, 4.69) is 11.8 Å². The average Bonchev–Trinajstić information content (AvgIpc) is 2.50. The lowest BCUT2D eigenvalue weighted by atomic mass is 9.81. The number of carbonyl (C=O) groups excluding carboxylic acids is 1. The third kappa shape index (κ3) is 4.49. The minimum Gasteiger partial charge on any atom is -0.762 e. The summed E-state index contributed by atoms with van der Waals surface area (Å²) in [5.41, 5.74) is 0. The molecule has 6 heteroatoms. The van der Waals surface area contributed by atoms with Crippen molar-refractivity contribution in [2.45, 2.75) is 70.6 Å². The molecule has 0 bridgehead atoms. The van der Waals surface area contributed by atoms with Crippen molar-refractivity contribution in [1.82, 2.24) is 10.1 Å². The molecule has 1 heterocycles. The van der Waals surface area contributed by atoms with Crippen LogP contribution in [0.2, 0.25) is 0 Å². The molecule has 0 aromatic carbocycles. The van der Waals surface area contributed by atoms with Crippen molar-refractivity contribution >= 4 is 5.78 Å². The predicted molar refractivity (Wildman–Crippen MR) is 83.4 cm³/mol. The number of ether oxygens (including phenoxy) is 1. The molecule has 1 saturated heterocycles. The molecule has 0 radical (unpaired) electrons. The van der Waals surface area contributed by atoms with Crippen molar-refractivity contribution in [2.75, 3.05) is 19.7 Å². The van der Waals surface area contributed by atoms with Crippen LogP contribution in [0, 0.1) is 11.1 Å². The van der Waals surface area contributed by atoms with Gasteiger partial charge in [-0.3, -0.25) is 14.9 Å². The lowest BCUT2D eigenvalue weighted by molar-refractivity contribution is -0.152. The van der Waals surface area contributed by atoms with E-state index in [4.69, 9.17) is 4.74 Å². The third-order valence-corrected chi connectivity index (χ3v) is 5.17. The number of carbonyl (C=O) groups is 1. The highest BCUT2D eigenvalue weighted by atomic mass is 16.8. The van der Waals surface area contributed by atoms with Crippen LogP contribution in [0.3, 0.4) is 0 Å². The zero-order valence-electron chi connectivity index (χ0n) is 13.7. The van der Waals surface area contributed by atoms with Gasteiger partial charge < -0.3 is 15.2 Å². The SMILES string of the molecule is CCOC1CCC(C(=O)CN2CCCCC2C)CC1N([O-])O. The maximum atomic E-state index is 12.6. The van der Waals surface area contributed by atoms with Crippen molar-refractivity contribution < 1.29 is 14.7 Å². The summed E-state index contributed by atoms with van der Waals surface area (Å²) >= 11 is 0. The molecule has 4 atom stereocenters. The van der Waals surface area contributed by atoms with Gasteiger partial charge >= 0.3 is 0 Å². The highest BCUT2D eigenvalue weighted by molar-refractivity contribution is 5.83. The fraction of sp³-hybridized carbons (Fsp3) is 0.938.